The maximum Gasteiger partial charge on any atom is 0.262 e. The second-order valence-corrected chi connectivity index (χ2v) is 6.73. The fraction of sp³-hybridized carbons (Fsp3) is 0.300. The van der Waals surface area contributed by atoms with E-state index < -0.39 is 30.8 Å². The van der Waals surface area contributed by atoms with Gasteiger partial charge < -0.3 is 10.6 Å². The first-order valence-electron chi connectivity index (χ1n) is 8.68. The quantitative estimate of drug-likeness (QED) is 0.709. The van der Waals surface area contributed by atoms with Crippen LogP contribution in [0.25, 0.3) is 0 Å². The number of rotatable bonds is 5. The number of nitrogens with one attached hydrogen (secondary N) is 3. The van der Waals surface area contributed by atoms with Crippen LogP contribution in [0.15, 0.2) is 48.5 Å². The minimum absolute atomic E-state index is 0. The van der Waals surface area contributed by atoms with Gasteiger partial charge in [-0.25, -0.2) is 8.78 Å². The first-order valence-corrected chi connectivity index (χ1v) is 8.68. The Morgan fingerprint density at radius 1 is 1.18 bits per heavy atom. The molecule has 1 heterocycles. The van der Waals surface area contributed by atoms with Crippen LogP contribution in [0, 0.1) is 6.92 Å². The smallest absolute Gasteiger partial charge is 0.262 e. The van der Waals surface area contributed by atoms with E-state index >= 15 is 0 Å². The number of carbonyl (C=O) groups is 2. The number of aryl methyl sites for hydroxylation is 1. The number of halogens is 3. The summed E-state index contributed by atoms with van der Waals surface area (Å²) in [6.07, 6.45) is -0.495. The Morgan fingerprint density at radius 3 is 2.54 bits per heavy atom. The molecule has 1 aliphatic rings. The van der Waals surface area contributed by atoms with Crippen LogP contribution in [0.3, 0.4) is 0 Å². The van der Waals surface area contributed by atoms with Crippen molar-refractivity contribution in [3.8, 4) is 0 Å². The van der Waals surface area contributed by atoms with Gasteiger partial charge in [-0.3, -0.25) is 14.9 Å². The maximum absolute atomic E-state index is 13.2. The highest BCUT2D eigenvalue weighted by Gasteiger charge is 2.42. The topological polar surface area (TPSA) is 70.2 Å². The monoisotopic (exact) mass is 409 g/mol. The van der Waals surface area contributed by atoms with Gasteiger partial charge in [0, 0.05) is 24.2 Å². The predicted octanol–water partition coefficient (Wildman–Crippen LogP) is 3.28. The van der Waals surface area contributed by atoms with Crippen LogP contribution in [0.1, 0.15) is 27.9 Å². The second kappa shape index (κ2) is 9.12. The Labute approximate surface area is 168 Å². The van der Waals surface area contributed by atoms with E-state index in [1.807, 2.05) is 19.1 Å². The van der Waals surface area contributed by atoms with E-state index in [1.54, 1.807) is 36.4 Å². The summed E-state index contributed by atoms with van der Waals surface area (Å²) in [7, 11) is 0. The van der Waals surface area contributed by atoms with Crippen molar-refractivity contribution in [1.82, 2.24) is 10.6 Å². The summed E-state index contributed by atoms with van der Waals surface area (Å²) in [4.78, 5) is 24.3. The standard InChI is InChI=1S/C20H21F2N3O2.ClH/c1-13-5-7-15(8-6-13)18(26)25-16-4-2-3-14(9-16)11-23-19(27)17-10-20(21,22)12-24-17;/h2-9,17,24H,10-12H2,1H3,(H,23,27)(H,25,26);1H. The van der Waals surface area contributed by atoms with E-state index in [-0.39, 0.29) is 24.9 Å². The molecule has 3 N–H and O–H groups in total. The average Bonchev–Trinajstić information content (AvgIpc) is 3.00. The van der Waals surface area contributed by atoms with Gasteiger partial charge in [-0.05, 0) is 36.8 Å². The summed E-state index contributed by atoms with van der Waals surface area (Å²) in [5, 5.41) is 7.98. The predicted molar refractivity (Wildman–Crippen MR) is 106 cm³/mol. The molecule has 28 heavy (non-hydrogen) atoms. The molecule has 150 valence electrons. The molecule has 0 saturated carbocycles. The summed E-state index contributed by atoms with van der Waals surface area (Å²) in [6, 6.07) is 13.4. The van der Waals surface area contributed by atoms with Crippen LogP contribution in [0.5, 0.6) is 0 Å². The lowest BCUT2D eigenvalue weighted by Gasteiger charge is -2.12. The third-order valence-electron chi connectivity index (χ3n) is 4.39. The Morgan fingerprint density at radius 2 is 1.89 bits per heavy atom. The zero-order valence-corrected chi connectivity index (χ0v) is 16.1. The van der Waals surface area contributed by atoms with Gasteiger partial charge in [-0.15, -0.1) is 12.4 Å². The maximum atomic E-state index is 13.2. The SMILES string of the molecule is Cc1ccc(C(=O)Nc2cccc(CNC(=O)C3CC(F)(F)CN3)c2)cc1.Cl. The van der Waals surface area contributed by atoms with Crippen molar-refractivity contribution in [2.24, 2.45) is 0 Å². The van der Waals surface area contributed by atoms with Crippen LogP contribution in [0.4, 0.5) is 14.5 Å². The normalized spacial score (nSPS) is 17.5. The summed E-state index contributed by atoms with van der Waals surface area (Å²) in [5.74, 6) is -3.53. The number of carbonyl (C=O) groups excluding carboxylic acids is 2. The van der Waals surface area contributed by atoms with Crippen LogP contribution >= 0.6 is 12.4 Å². The number of benzene rings is 2. The third-order valence-corrected chi connectivity index (χ3v) is 4.39. The van der Waals surface area contributed by atoms with E-state index in [0.29, 0.717) is 11.3 Å². The molecule has 0 spiro atoms. The highest BCUT2D eigenvalue weighted by Crippen LogP contribution is 2.25. The van der Waals surface area contributed by atoms with Crippen LogP contribution in [-0.2, 0) is 11.3 Å². The van der Waals surface area contributed by atoms with Gasteiger partial charge in [0.2, 0.25) is 5.91 Å². The zero-order chi connectivity index (χ0) is 19.4. The number of amides is 2. The molecule has 5 nitrogen and oxygen atoms in total. The fourth-order valence-corrected chi connectivity index (χ4v) is 2.88. The minimum atomic E-state index is -2.85. The summed E-state index contributed by atoms with van der Waals surface area (Å²) in [5.41, 5.74) is 2.97. The van der Waals surface area contributed by atoms with E-state index in [2.05, 4.69) is 16.0 Å². The van der Waals surface area contributed by atoms with Crippen LogP contribution in [-0.4, -0.2) is 30.3 Å². The molecule has 0 aromatic heterocycles. The molecular weight excluding hydrogens is 388 g/mol. The molecular formula is C20H22ClF2N3O2. The third kappa shape index (κ3) is 5.74. The van der Waals surface area contributed by atoms with Gasteiger partial charge in [-0.1, -0.05) is 29.8 Å². The van der Waals surface area contributed by atoms with Gasteiger partial charge in [0.05, 0.1) is 12.6 Å². The Balaban J connectivity index is 0.00000280. The van der Waals surface area contributed by atoms with E-state index in [4.69, 9.17) is 0 Å². The van der Waals surface area contributed by atoms with Gasteiger partial charge in [0.15, 0.2) is 0 Å². The summed E-state index contributed by atoms with van der Waals surface area (Å²) < 4.78 is 26.3. The Bertz CT molecular complexity index is 844. The highest BCUT2D eigenvalue weighted by atomic mass is 35.5. The van der Waals surface area contributed by atoms with Crippen molar-refractivity contribution in [1.29, 1.82) is 0 Å². The molecule has 0 aliphatic carbocycles. The van der Waals surface area contributed by atoms with E-state index in [1.165, 1.54) is 0 Å². The number of anilines is 1. The molecule has 1 fully saturated rings. The molecule has 0 bridgehead atoms. The highest BCUT2D eigenvalue weighted by molar-refractivity contribution is 6.04. The molecule has 2 aromatic rings. The van der Waals surface area contributed by atoms with Gasteiger partial charge in [0.1, 0.15) is 0 Å². The molecule has 1 atom stereocenters. The molecule has 8 heteroatoms. The number of alkyl halides is 2. The Hall–Kier alpha value is -2.51. The van der Waals surface area contributed by atoms with Gasteiger partial charge >= 0.3 is 0 Å². The van der Waals surface area contributed by atoms with Gasteiger partial charge in [-0.2, -0.15) is 0 Å². The van der Waals surface area contributed by atoms with Crippen molar-refractivity contribution in [3.05, 3.63) is 65.2 Å². The lowest BCUT2D eigenvalue weighted by atomic mass is 10.1. The van der Waals surface area contributed by atoms with Gasteiger partial charge in [0.25, 0.3) is 11.8 Å². The van der Waals surface area contributed by atoms with Crippen molar-refractivity contribution in [3.63, 3.8) is 0 Å². The molecule has 1 unspecified atom stereocenters. The summed E-state index contributed by atoms with van der Waals surface area (Å²) in [6.45, 7) is 1.66. The first kappa shape index (κ1) is 21.8. The summed E-state index contributed by atoms with van der Waals surface area (Å²) >= 11 is 0. The van der Waals surface area contributed by atoms with Crippen LogP contribution in [0.2, 0.25) is 0 Å². The lowest BCUT2D eigenvalue weighted by Crippen LogP contribution is -2.40. The van der Waals surface area contributed by atoms with Crippen molar-refractivity contribution < 1.29 is 18.4 Å². The lowest BCUT2D eigenvalue weighted by molar-refractivity contribution is -0.123. The number of hydrogen-bond donors (Lipinski definition) is 3. The Kier molecular flexibility index (Phi) is 7.10. The molecule has 1 aliphatic heterocycles. The van der Waals surface area contributed by atoms with E-state index in [9.17, 15) is 18.4 Å². The minimum Gasteiger partial charge on any atom is -0.351 e. The van der Waals surface area contributed by atoms with Crippen molar-refractivity contribution in [2.75, 3.05) is 11.9 Å². The largest absolute Gasteiger partial charge is 0.351 e. The average molecular weight is 410 g/mol. The molecule has 0 radical (unpaired) electrons. The number of hydrogen-bond acceptors (Lipinski definition) is 3. The second-order valence-electron chi connectivity index (χ2n) is 6.73. The van der Waals surface area contributed by atoms with Crippen molar-refractivity contribution >= 4 is 29.9 Å². The first-order chi connectivity index (χ1) is 12.8. The van der Waals surface area contributed by atoms with Crippen LogP contribution < -0.4 is 16.0 Å². The molecule has 2 aromatic carbocycles. The van der Waals surface area contributed by atoms with E-state index in [0.717, 1.165) is 11.1 Å². The molecule has 2 amide bonds. The fourth-order valence-electron chi connectivity index (χ4n) is 2.88. The molecule has 3 rings (SSSR count). The van der Waals surface area contributed by atoms with Crippen molar-refractivity contribution in [2.45, 2.75) is 31.9 Å². The molecule has 1 saturated heterocycles. The zero-order valence-electron chi connectivity index (χ0n) is 15.3.